The summed E-state index contributed by atoms with van der Waals surface area (Å²) in [4.78, 5) is 1.94. The number of rotatable bonds is 4. The van der Waals surface area contributed by atoms with Gasteiger partial charge in [-0.15, -0.1) is 11.3 Å². The van der Waals surface area contributed by atoms with Gasteiger partial charge in [0.25, 0.3) is 0 Å². The molecule has 0 saturated carbocycles. The van der Waals surface area contributed by atoms with E-state index in [4.69, 9.17) is 16.9 Å². The second kappa shape index (κ2) is 9.84. The third-order valence-electron chi connectivity index (χ3n) is 6.45. The summed E-state index contributed by atoms with van der Waals surface area (Å²) in [5, 5.41) is 8.95. The smallest absolute Gasteiger partial charge is 0.131 e. The summed E-state index contributed by atoms with van der Waals surface area (Å²) in [6, 6.07) is 24.7. The van der Waals surface area contributed by atoms with Crippen LogP contribution >= 0.6 is 24.2 Å². The van der Waals surface area contributed by atoms with Crippen LogP contribution < -0.4 is 11.5 Å². The van der Waals surface area contributed by atoms with Crippen LogP contribution in [0, 0.1) is 25.1 Å². The van der Waals surface area contributed by atoms with E-state index >= 15 is 0 Å². The second-order valence-corrected chi connectivity index (χ2v) is 10.3. The molecular formula is C30H25FN4S2. The van der Waals surface area contributed by atoms with Crippen molar-refractivity contribution in [3.8, 4) is 21.6 Å². The van der Waals surface area contributed by atoms with E-state index in [0.29, 0.717) is 39.4 Å². The van der Waals surface area contributed by atoms with Gasteiger partial charge in [0.05, 0.1) is 17.1 Å². The van der Waals surface area contributed by atoms with Crippen molar-refractivity contribution in [2.24, 2.45) is 15.9 Å². The molecule has 0 radical (unpaired) electrons. The molecule has 184 valence electrons. The average Bonchev–Trinajstić information content (AvgIpc) is 3.37. The molecular weight excluding hydrogens is 499 g/mol. The topological polar surface area (TPSA) is 88.2 Å². The maximum atomic E-state index is 14.5. The van der Waals surface area contributed by atoms with Gasteiger partial charge >= 0.3 is 0 Å². The van der Waals surface area contributed by atoms with Gasteiger partial charge in [-0.3, -0.25) is 5.41 Å². The van der Waals surface area contributed by atoms with Gasteiger partial charge < -0.3 is 11.5 Å². The van der Waals surface area contributed by atoms with Crippen LogP contribution in [-0.2, 0) is 0 Å². The highest BCUT2D eigenvalue weighted by molar-refractivity contribution is 7.79. The zero-order valence-corrected chi connectivity index (χ0v) is 22.1. The first-order chi connectivity index (χ1) is 17.8. The fourth-order valence-electron chi connectivity index (χ4n) is 4.44. The highest BCUT2D eigenvalue weighted by atomic mass is 32.1. The van der Waals surface area contributed by atoms with Crippen molar-refractivity contribution in [3.05, 3.63) is 118 Å². The Balaban J connectivity index is 1.55. The van der Waals surface area contributed by atoms with Crippen molar-refractivity contribution >= 4 is 46.7 Å². The lowest BCUT2D eigenvalue weighted by Crippen LogP contribution is -2.29. The van der Waals surface area contributed by atoms with Gasteiger partial charge in [-0.2, -0.15) is 0 Å². The van der Waals surface area contributed by atoms with E-state index in [-0.39, 0.29) is 11.5 Å². The predicted molar refractivity (Wildman–Crippen MR) is 157 cm³/mol. The Morgan fingerprint density at radius 3 is 1.95 bits per heavy atom. The first kappa shape index (κ1) is 24.7. The Morgan fingerprint density at radius 1 is 0.730 bits per heavy atom. The lowest BCUT2D eigenvalue weighted by atomic mass is 9.85. The molecule has 0 unspecified atom stereocenters. The third-order valence-corrected chi connectivity index (χ3v) is 7.80. The van der Waals surface area contributed by atoms with E-state index < -0.39 is 0 Å². The van der Waals surface area contributed by atoms with Crippen molar-refractivity contribution < 1.29 is 4.39 Å². The molecule has 37 heavy (non-hydrogen) atoms. The number of thiophene rings is 1. The molecule has 5 rings (SSSR count). The SMILES string of the molecule is Cc1ccc(-c2ccc(C3=C(N)C(N)=C(c4ccc(-c5ccc(C)cc5F)cc4)C(=N)/C3=N\S)s2)cc1. The van der Waals surface area contributed by atoms with Crippen LogP contribution in [0.5, 0.6) is 0 Å². The molecule has 4 aromatic rings. The summed E-state index contributed by atoms with van der Waals surface area (Å²) in [5.74, 6) is -0.279. The van der Waals surface area contributed by atoms with Crippen molar-refractivity contribution in [2.45, 2.75) is 13.8 Å². The molecule has 3 aromatic carbocycles. The van der Waals surface area contributed by atoms with E-state index in [0.717, 1.165) is 26.4 Å². The predicted octanol–water partition coefficient (Wildman–Crippen LogP) is 7.20. The van der Waals surface area contributed by atoms with E-state index in [1.54, 1.807) is 17.4 Å². The Morgan fingerprint density at radius 2 is 1.30 bits per heavy atom. The van der Waals surface area contributed by atoms with Crippen LogP contribution in [0.2, 0.25) is 0 Å². The normalized spacial score (nSPS) is 15.1. The number of nitrogens with zero attached hydrogens (tertiary/aromatic N) is 1. The van der Waals surface area contributed by atoms with Gasteiger partial charge in [-0.05, 0) is 67.1 Å². The average molecular weight is 525 g/mol. The van der Waals surface area contributed by atoms with Crippen molar-refractivity contribution in [2.75, 3.05) is 0 Å². The lowest BCUT2D eigenvalue weighted by Gasteiger charge is -2.24. The van der Waals surface area contributed by atoms with Crippen molar-refractivity contribution in [3.63, 3.8) is 0 Å². The van der Waals surface area contributed by atoms with Gasteiger partial charge in [0, 0.05) is 26.5 Å². The summed E-state index contributed by atoms with van der Waals surface area (Å²) in [6.45, 7) is 3.91. The zero-order chi connectivity index (χ0) is 26.3. The molecule has 1 heterocycles. The maximum Gasteiger partial charge on any atom is 0.131 e. The van der Waals surface area contributed by atoms with Gasteiger partial charge in [0.1, 0.15) is 11.5 Å². The number of allylic oxidation sites excluding steroid dienone is 2. The molecule has 0 aliphatic heterocycles. The second-order valence-electron chi connectivity index (χ2n) is 8.99. The number of thiol groups is 1. The minimum Gasteiger partial charge on any atom is -0.396 e. The monoisotopic (exact) mass is 524 g/mol. The number of benzene rings is 3. The van der Waals surface area contributed by atoms with Crippen LogP contribution in [-0.4, -0.2) is 11.4 Å². The van der Waals surface area contributed by atoms with Crippen LogP contribution in [0.3, 0.4) is 0 Å². The first-order valence-electron chi connectivity index (χ1n) is 11.6. The number of nitrogens with one attached hydrogen (secondary N) is 1. The van der Waals surface area contributed by atoms with Gasteiger partial charge in [-0.1, -0.05) is 66.2 Å². The first-order valence-corrected chi connectivity index (χ1v) is 12.9. The van der Waals surface area contributed by atoms with Gasteiger partial charge in [0.2, 0.25) is 0 Å². The number of nitrogens with two attached hydrogens (primary N) is 2. The Bertz CT molecular complexity index is 1630. The molecule has 1 aromatic heterocycles. The molecule has 1 aliphatic carbocycles. The molecule has 1 aliphatic rings. The number of aryl methyl sites for hydroxylation is 2. The molecule has 0 atom stereocenters. The zero-order valence-electron chi connectivity index (χ0n) is 20.3. The Hall–Kier alpha value is -3.94. The molecule has 7 heteroatoms. The molecule has 0 spiro atoms. The molecule has 5 N–H and O–H groups in total. The number of halogens is 1. The van der Waals surface area contributed by atoms with Crippen molar-refractivity contribution in [1.29, 1.82) is 5.41 Å². The molecule has 0 fully saturated rings. The minimum atomic E-state index is -0.279. The lowest BCUT2D eigenvalue weighted by molar-refractivity contribution is 0.630. The van der Waals surface area contributed by atoms with Crippen LogP contribution in [0.4, 0.5) is 4.39 Å². The van der Waals surface area contributed by atoms with Crippen LogP contribution in [0.15, 0.2) is 94.7 Å². The maximum absolute atomic E-state index is 14.5. The molecule has 0 bridgehead atoms. The fourth-order valence-corrected chi connectivity index (χ4v) is 5.71. The summed E-state index contributed by atoms with van der Waals surface area (Å²) in [6.07, 6.45) is 0. The van der Waals surface area contributed by atoms with Gasteiger partial charge in [0.15, 0.2) is 0 Å². The number of hydrogen-bond acceptors (Lipinski definition) is 6. The van der Waals surface area contributed by atoms with E-state index in [9.17, 15) is 4.39 Å². The quantitative estimate of drug-likeness (QED) is 0.168. The van der Waals surface area contributed by atoms with Crippen LogP contribution in [0.1, 0.15) is 21.6 Å². The van der Waals surface area contributed by atoms with E-state index in [1.807, 2.05) is 49.4 Å². The van der Waals surface area contributed by atoms with Gasteiger partial charge in [-0.25, -0.2) is 8.79 Å². The van der Waals surface area contributed by atoms with E-state index in [2.05, 4.69) is 48.4 Å². The number of hydrogen-bond donors (Lipinski definition) is 4. The Labute approximate surface area is 224 Å². The van der Waals surface area contributed by atoms with Crippen molar-refractivity contribution in [1.82, 2.24) is 0 Å². The standard InChI is InChI=1S/C30H25FN4S2/c1-16-3-6-19(7-4-16)23-13-14-24(37-23)26-28(33)27(32)25(29(34)30(26)35-36)20-10-8-18(9-11-20)21-12-5-17(2)15-22(21)31/h3-15,34,36H,32-33H2,1-2H3/b34-29?,35-30-. The molecule has 4 nitrogen and oxygen atoms in total. The highest BCUT2D eigenvalue weighted by Crippen LogP contribution is 2.39. The molecule has 0 saturated heterocycles. The molecule has 0 amide bonds. The van der Waals surface area contributed by atoms with Crippen LogP contribution in [0.25, 0.3) is 32.7 Å². The summed E-state index contributed by atoms with van der Waals surface area (Å²) < 4.78 is 18.6. The summed E-state index contributed by atoms with van der Waals surface area (Å²) >= 11 is 5.75. The largest absolute Gasteiger partial charge is 0.396 e. The van der Waals surface area contributed by atoms with E-state index in [1.165, 1.54) is 11.6 Å². The minimum absolute atomic E-state index is 0.135. The summed E-state index contributed by atoms with van der Waals surface area (Å²) in [5.41, 5.74) is 20.4. The Kier molecular flexibility index (Phi) is 6.58. The fraction of sp³-hybridized carbons (Fsp3) is 0.0667. The third kappa shape index (κ3) is 4.52. The highest BCUT2D eigenvalue weighted by Gasteiger charge is 2.31. The summed E-state index contributed by atoms with van der Waals surface area (Å²) in [7, 11) is 0.